The number of aliphatic hydroxyl groups excluding tert-OH is 1. The summed E-state index contributed by atoms with van der Waals surface area (Å²) in [4.78, 5) is 25.9. The average molecular weight is 391 g/mol. The highest BCUT2D eigenvalue weighted by Gasteiger charge is 2.31. The van der Waals surface area contributed by atoms with Crippen LogP contribution in [0.2, 0.25) is 10.0 Å². The monoisotopic (exact) mass is 390 g/mol. The predicted octanol–water partition coefficient (Wildman–Crippen LogP) is 4.41. The second-order valence-electron chi connectivity index (χ2n) is 5.33. The second-order valence-corrected chi connectivity index (χ2v) is 6.08. The second kappa shape index (κ2) is 7.37. The first kappa shape index (κ1) is 19.1. The molecule has 0 spiro atoms. The predicted molar refractivity (Wildman–Crippen MR) is 91.0 cm³/mol. The summed E-state index contributed by atoms with van der Waals surface area (Å²) in [6, 6.07) is 0.629. The number of aliphatic carboxylic acids is 1. The van der Waals surface area contributed by atoms with Gasteiger partial charge in [0, 0.05) is 5.56 Å². The molecular weight excluding hydrogens is 378 g/mol. The highest BCUT2D eigenvalue weighted by Crippen LogP contribution is 2.40. The Morgan fingerprint density at radius 2 is 2.00 bits per heavy atom. The lowest BCUT2D eigenvalue weighted by atomic mass is 10.0. The smallest absolute Gasteiger partial charge is 0.341 e. The van der Waals surface area contributed by atoms with Gasteiger partial charge in [-0.25, -0.2) is 9.18 Å². The molecule has 1 aliphatic carbocycles. The van der Waals surface area contributed by atoms with Crippen molar-refractivity contribution < 1.29 is 24.3 Å². The van der Waals surface area contributed by atoms with Crippen LogP contribution in [0.15, 0.2) is 16.6 Å². The molecule has 10 heteroatoms. The molecule has 0 atom stereocenters. The Bertz CT molecular complexity index is 819. The molecule has 1 fully saturated rings. The Morgan fingerprint density at radius 3 is 2.44 bits per heavy atom. The Hall–Kier alpha value is -2.19. The summed E-state index contributed by atoms with van der Waals surface area (Å²) in [5.74, 6) is -3.62. The van der Waals surface area contributed by atoms with Crippen molar-refractivity contribution in [3.05, 3.63) is 43.2 Å². The van der Waals surface area contributed by atoms with Crippen LogP contribution in [0.1, 0.15) is 31.7 Å². The molecule has 2 N–H and O–H groups in total. The van der Waals surface area contributed by atoms with Gasteiger partial charge in [0.15, 0.2) is 5.02 Å². The molecular formula is C15H13Cl2FN2O5. The molecule has 7 nitrogen and oxygen atoms in total. The van der Waals surface area contributed by atoms with E-state index >= 15 is 0 Å². The molecule has 25 heavy (non-hydrogen) atoms. The van der Waals surface area contributed by atoms with E-state index in [0.29, 0.717) is 6.07 Å². The van der Waals surface area contributed by atoms with Crippen molar-refractivity contribution in [2.45, 2.75) is 32.2 Å². The highest BCUT2D eigenvalue weighted by atomic mass is 35.5. The maximum absolute atomic E-state index is 13.9. The summed E-state index contributed by atoms with van der Waals surface area (Å²) < 4.78 is 13.9. The lowest BCUT2D eigenvalue weighted by Crippen LogP contribution is -2.15. The van der Waals surface area contributed by atoms with Crippen molar-refractivity contribution in [3.8, 4) is 0 Å². The summed E-state index contributed by atoms with van der Waals surface area (Å²) in [7, 11) is 0. The van der Waals surface area contributed by atoms with Crippen LogP contribution in [0.4, 0.5) is 10.1 Å². The first-order valence-electron chi connectivity index (χ1n) is 7.24. The topological polar surface area (TPSA) is 113 Å². The number of nitro benzene ring substituents is 1. The summed E-state index contributed by atoms with van der Waals surface area (Å²) in [6.07, 6.45) is 1.80. The van der Waals surface area contributed by atoms with Gasteiger partial charge in [-0.05, 0) is 25.3 Å². The Balaban J connectivity index is 2.74. The van der Waals surface area contributed by atoms with Crippen LogP contribution < -0.4 is 0 Å². The number of hydrogen-bond acceptors (Lipinski definition) is 5. The van der Waals surface area contributed by atoms with E-state index in [1.54, 1.807) is 6.92 Å². The maximum atomic E-state index is 13.9. The number of benzene rings is 1. The van der Waals surface area contributed by atoms with E-state index in [1.807, 2.05) is 0 Å². The van der Waals surface area contributed by atoms with Crippen LogP contribution in [0.5, 0.6) is 0 Å². The molecule has 134 valence electrons. The molecule has 1 aromatic rings. The van der Waals surface area contributed by atoms with Gasteiger partial charge in [-0.1, -0.05) is 30.1 Å². The molecule has 1 saturated carbocycles. The fourth-order valence-electron chi connectivity index (χ4n) is 2.18. The van der Waals surface area contributed by atoms with Crippen LogP contribution in [-0.4, -0.2) is 32.9 Å². The van der Waals surface area contributed by atoms with Crippen molar-refractivity contribution in [1.82, 2.24) is 0 Å². The summed E-state index contributed by atoms with van der Waals surface area (Å²) >= 11 is 11.4. The minimum atomic E-state index is -1.51. The van der Waals surface area contributed by atoms with Crippen LogP contribution in [0.3, 0.4) is 0 Å². The third kappa shape index (κ3) is 3.91. The number of aliphatic hydroxyl groups is 1. The summed E-state index contributed by atoms with van der Waals surface area (Å²) in [5, 5.41) is 29.4. The van der Waals surface area contributed by atoms with Crippen molar-refractivity contribution in [3.63, 3.8) is 0 Å². The SMILES string of the molecule is CCC(=NC1CC1)C(C(=O)O)=C(O)c1cc(F)c(Cl)c([N+](=O)[O-])c1Cl. The zero-order valence-electron chi connectivity index (χ0n) is 12.9. The molecule has 0 unspecified atom stereocenters. The molecule has 0 bridgehead atoms. The van der Waals surface area contributed by atoms with Gasteiger partial charge in [-0.2, -0.15) is 0 Å². The fourth-order valence-corrected chi connectivity index (χ4v) is 2.75. The van der Waals surface area contributed by atoms with Gasteiger partial charge in [0.2, 0.25) is 0 Å². The van der Waals surface area contributed by atoms with Crippen LogP contribution in [0.25, 0.3) is 5.76 Å². The van der Waals surface area contributed by atoms with Crippen LogP contribution in [0, 0.1) is 15.9 Å². The lowest BCUT2D eigenvalue weighted by molar-refractivity contribution is -0.384. The fraction of sp³-hybridized carbons (Fsp3) is 0.333. The number of carboxylic acid groups (broad SMARTS) is 1. The minimum absolute atomic E-state index is 0.0242. The van der Waals surface area contributed by atoms with Gasteiger partial charge in [0.25, 0.3) is 0 Å². The first-order chi connectivity index (χ1) is 11.7. The zero-order chi connectivity index (χ0) is 18.9. The van der Waals surface area contributed by atoms with E-state index in [9.17, 15) is 29.5 Å². The van der Waals surface area contributed by atoms with Gasteiger partial charge in [0.1, 0.15) is 22.2 Å². The zero-order valence-corrected chi connectivity index (χ0v) is 14.4. The lowest BCUT2D eigenvalue weighted by Gasteiger charge is -2.11. The molecule has 0 heterocycles. The normalized spacial score (nSPS) is 15.8. The highest BCUT2D eigenvalue weighted by molar-refractivity contribution is 6.39. The number of carboxylic acids is 1. The molecule has 0 aromatic heterocycles. The largest absolute Gasteiger partial charge is 0.506 e. The first-order valence-corrected chi connectivity index (χ1v) is 8.00. The molecule has 1 aliphatic rings. The average Bonchev–Trinajstić information content (AvgIpc) is 3.33. The van der Waals surface area contributed by atoms with Gasteiger partial charge in [-0.3, -0.25) is 15.1 Å². The number of nitro groups is 1. The van der Waals surface area contributed by atoms with Gasteiger partial charge in [0.05, 0.1) is 16.7 Å². The van der Waals surface area contributed by atoms with Crippen LogP contribution >= 0.6 is 23.2 Å². The van der Waals surface area contributed by atoms with Gasteiger partial charge < -0.3 is 10.2 Å². The summed E-state index contributed by atoms with van der Waals surface area (Å²) in [5.41, 5.74) is -1.97. The summed E-state index contributed by atoms with van der Waals surface area (Å²) in [6.45, 7) is 1.64. The molecule has 0 aliphatic heterocycles. The molecule has 1 aromatic carbocycles. The number of carbonyl (C=O) groups is 1. The van der Waals surface area contributed by atoms with Crippen molar-refractivity contribution in [2.24, 2.45) is 4.99 Å². The van der Waals surface area contributed by atoms with Gasteiger partial charge >= 0.3 is 11.7 Å². The minimum Gasteiger partial charge on any atom is -0.506 e. The van der Waals surface area contributed by atoms with Crippen molar-refractivity contribution in [1.29, 1.82) is 0 Å². The van der Waals surface area contributed by atoms with Crippen molar-refractivity contribution in [2.75, 3.05) is 0 Å². The van der Waals surface area contributed by atoms with Crippen molar-refractivity contribution >= 4 is 46.3 Å². The van der Waals surface area contributed by atoms with E-state index < -0.39 is 49.3 Å². The van der Waals surface area contributed by atoms with Gasteiger partial charge in [-0.15, -0.1) is 0 Å². The van der Waals surface area contributed by atoms with E-state index in [2.05, 4.69) is 4.99 Å². The number of hydrogen-bond donors (Lipinski definition) is 2. The Kier molecular flexibility index (Phi) is 5.64. The Labute approximate surface area is 151 Å². The number of halogens is 3. The van der Waals surface area contributed by atoms with E-state index in [1.165, 1.54) is 0 Å². The molecule has 2 rings (SSSR count). The van der Waals surface area contributed by atoms with E-state index in [0.717, 1.165) is 12.8 Å². The third-order valence-corrected chi connectivity index (χ3v) is 4.27. The van der Waals surface area contributed by atoms with E-state index in [-0.39, 0.29) is 18.2 Å². The Morgan fingerprint density at radius 1 is 1.40 bits per heavy atom. The van der Waals surface area contributed by atoms with Crippen LogP contribution in [-0.2, 0) is 4.79 Å². The molecule has 0 amide bonds. The third-order valence-electron chi connectivity index (χ3n) is 3.53. The van der Waals surface area contributed by atoms with E-state index in [4.69, 9.17) is 23.2 Å². The molecule has 0 radical (unpaired) electrons. The number of rotatable bonds is 6. The quantitative estimate of drug-likeness (QED) is 0.186. The number of nitrogens with zero attached hydrogens (tertiary/aromatic N) is 2. The molecule has 0 saturated heterocycles. The standard InChI is InChI=1S/C15H13Cl2FN2O5/c1-2-9(19-6-3-4-6)10(15(22)23)14(21)7-5-8(18)12(17)13(11(7)16)20(24)25/h5-6,21H,2-4H2,1H3,(H,22,23). The maximum Gasteiger partial charge on any atom is 0.341 e. The number of aliphatic imine (C=N–C) groups is 1.